The minimum Gasteiger partial charge on any atom is -0.756 e. The topological polar surface area (TPSA) is 114 Å². The maximum absolute atomic E-state index is 13.7. The van der Waals surface area contributed by atoms with Gasteiger partial charge in [-0.2, -0.15) is 0 Å². The van der Waals surface area contributed by atoms with Crippen LogP contribution in [0.4, 0.5) is 0 Å². The lowest BCUT2D eigenvalue weighted by atomic mass is 10.0. The largest absolute Gasteiger partial charge is 0.756 e. The highest BCUT2D eigenvalue weighted by atomic mass is 31.2. The van der Waals surface area contributed by atoms with Gasteiger partial charge >= 0.3 is 5.97 Å². The number of allylic oxidation sites excluding steroid dienone is 19. The van der Waals surface area contributed by atoms with Crippen molar-refractivity contribution in [3.63, 3.8) is 0 Å². The molecule has 0 aromatic heterocycles. The van der Waals surface area contributed by atoms with Crippen LogP contribution < -0.4 is 10.2 Å². The van der Waals surface area contributed by atoms with Crippen molar-refractivity contribution >= 4 is 19.7 Å². The summed E-state index contributed by atoms with van der Waals surface area (Å²) in [5, 5.41) is 3.05. The number of rotatable bonds is 70. The van der Waals surface area contributed by atoms with Gasteiger partial charge in [0.15, 0.2) is 0 Å². The molecule has 1 amide bonds. The van der Waals surface area contributed by atoms with Crippen LogP contribution in [0.2, 0.25) is 0 Å². The Hall–Kier alpha value is -3.59. The number of phosphoric ester groups is 1. The van der Waals surface area contributed by atoms with E-state index in [0.29, 0.717) is 17.4 Å². The predicted octanol–water partition coefficient (Wildman–Crippen LogP) is 24.7. The van der Waals surface area contributed by atoms with E-state index in [1.165, 1.54) is 180 Å². The Morgan fingerprint density at radius 2 is 0.688 bits per heavy atom. The van der Waals surface area contributed by atoms with E-state index >= 15 is 0 Å². The SMILES string of the molecule is CC/C=C\C/C=C\C/C=C\C/C=C\C/C=C\CCCCCCCCCCCCCC(=O)OC(/C=C/CCCCCCCCCCCCC)C(COP(=O)([O-])OCC[N+](C)(C)C)NC(=O)CCCCCCCCCCCCC/C=C\C/C=C\C/C=C\C/C=C\CCCCC. The second-order valence-corrected chi connectivity index (χ2v) is 28.5. The first-order valence-electron chi connectivity index (χ1n) is 38.8. The molecule has 0 aliphatic rings. The fourth-order valence-corrected chi connectivity index (χ4v) is 11.7. The first-order chi connectivity index (χ1) is 45.4. The van der Waals surface area contributed by atoms with Gasteiger partial charge < -0.3 is 28.5 Å². The van der Waals surface area contributed by atoms with Crippen LogP contribution in [-0.2, 0) is 27.9 Å². The highest BCUT2D eigenvalue weighted by Crippen LogP contribution is 2.38. The molecule has 3 atom stereocenters. The Morgan fingerprint density at radius 3 is 1.05 bits per heavy atom. The third-order valence-corrected chi connectivity index (χ3v) is 17.8. The second kappa shape index (κ2) is 71.2. The number of hydrogen-bond donors (Lipinski definition) is 1. The fraction of sp³-hybridized carbons (Fsp3) is 0.735. The third-order valence-electron chi connectivity index (χ3n) is 16.9. The summed E-state index contributed by atoms with van der Waals surface area (Å²) in [4.78, 5) is 40.3. The van der Waals surface area contributed by atoms with E-state index in [1.54, 1.807) is 0 Å². The Labute approximate surface area is 575 Å². The van der Waals surface area contributed by atoms with Crippen LogP contribution in [0.25, 0.3) is 0 Å². The minimum atomic E-state index is -4.72. The number of nitrogens with zero attached hydrogens (tertiary/aromatic N) is 1. The van der Waals surface area contributed by atoms with Crippen LogP contribution in [0.3, 0.4) is 0 Å². The van der Waals surface area contributed by atoms with Crippen molar-refractivity contribution in [3.8, 4) is 0 Å². The van der Waals surface area contributed by atoms with Gasteiger partial charge in [0.25, 0.3) is 7.82 Å². The summed E-state index contributed by atoms with van der Waals surface area (Å²) in [5.74, 6) is -0.544. The quantitative estimate of drug-likeness (QED) is 0.0212. The van der Waals surface area contributed by atoms with Gasteiger partial charge in [0.2, 0.25) is 5.91 Å². The molecule has 10 heteroatoms. The Kier molecular flexibility index (Phi) is 68.4. The van der Waals surface area contributed by atoms with Crippen LogP contribution in [0.15, 0.2) is 122 Å². The summed E-state index contributed by atoms with van der Waals surface area (Å²) in [5.41, 5.74) is 0. The first-order valence-corrected chi connectivity index (χ1v) is 40.3. The second-order valence-electron chi connectivity index (χ2n) is 27.1. The average molecular weight is 1320 g/mol. The van der Waals surface area contributed by atoms with E-state index in [-0.39, 0.29) is 24.9 Å². The highest BCUT2D eigenvalue weighted by Gasteiger charge is 2.27. The maximum atomic E-state index is 13.7. The standard InChI is InChI=1S/C83H147N2O7P/c1-7-10-13-16-19-22-25-28-30-32-34-36-38-40-42-44-46-48-50-52-54-57-60-63-66-69-72-75-82(86)84-80(79-91-93(88,89)90-78-77-85(4,5)6)81(74-71-68-65-62-59-56-27-24-21-18-15-12-9-3)92-83(87)76-73-70-67-64-61-58-55-53-51-49-47-45-43-41-39-37-35-33-31-29-26-23-20-17-14-11-8-2/h11,14,19-20,22-23,28-31,34-37,40-43,71,74,80-81H,7-10,12-13,15-18,21,24-27,32-33,38-39,44-70,72-73,75-79H2,1-6H3,(H-,84,86,88,89)/b14-11-,22-19-,23-20-,30-28-,31-29-,36-34-,37-35-,42-40-,43-41-,74-71+. The molecule has 536 valence electrons. The molecule has 0 radical (unpaired) electrons. The van der Waals surface area contributed by atoms with Crippen molar-refractivity contribution in [1.82, 2.24) is 5.32 Å². The summed E-state index contributed by atoms with van der Waals surface area (Å²) in [7, 11) is 1.18. The van der Waals surface area contributed by atoms with Crippen LogP contribution in [-0.4, -0.2) is 69.4 Å². The molecule has 0 saturated carbocycles. The van der Waals surface area contributed by atoms with Gasteiger partial charge in [-0.3, -0.25) is 14.2 Å². The molecule has 0 bridgehead atoms. The molecule has 0 rings (SSSR count). The van der Waals surface area contributed by atoms with Gasteiger partial charge in [-0.1, -0.05) is 329 Å². The molecule has 0 spiro atoms. The van der Waals surface area contributed by atoms with Crippen molar-refractivity contribution in [3.05, 3.63) is 122 Å². The van der Waals surface area contributed by atoms with Crippen molar-refractivity contribution < 1.29 is 37.3 Å². The monoisotopic (exact) mass is 1320 g/mol. The number of quaternary nitrogens is 1. The van der Waals surface area contributed by atoms with Crippen molar-refractivity contribution in [2.75, 3.05) is 40.9 Å². The van der Waals surface area contributed by atoms with Gasteiger partial charge in [0, 0.05) is 12.8 Å². The van der Waals surface area contributed by atoms with E-state index in [0.717, 1.165) is 128 Å². The Balaban J connectivity index is 5.02. The van der Waals surface area contributed by atoms with E-state index in [9.17, 15) is 19.0 Å². The summed E-state index contributed by atoms with van der Waals surface area (Å²) < 4.78 is 30.5. The van der Waals surface area contributed by atoms with Gasteiger partial charge in [0.05, 0.1) is 33.8 Å². The zero-order valence-corrected chi connectivity index (χ0v) is 62.3. The third kappa shape index (κ3) is 72.5. The summed E-state index contributed by atoms with van der Waals surface area (Å²) in [6, 6.07) is -0.900. The summed E-state index contributed by atoms with van der Waals surface area (Å²) in [6.07, 6.45) is 100. The van der Waals surface area contributed by atoms with Gasteiger partial charge in [-0.15, -0.1) is 0 Å². The molecule has 3 unspecified atom stereocenters. The van der Waals surface area contributed by atoms with Crippen LogP contribution in [0.5, 0.6) is 0 Å². The molecular weight excluding hydrogens is 1170 g/mol. The number of carbonyl (C=O) groups is 2. The molecular formula is C83H147N2O7P. The number of unbranched alkanes of at least 4 members (excludes halogenated alkanes) is 36. The molecule has 0 saturated heterocycles. The van der Waals surface area contributed by atoms with Crippen LogP contribution in [0.1, 0.15) is 342 Å². The van der Waals surface area contributed by atoms with E-state index in [4.69, 9.17) is 13.8 Å². The zero-order chi connectivity index (χ0) is 67.8. The average Bonchev–Trinajstić information content (AvgIpc) is 2.15. The number of likely N-dealkylation sites (N-methyl/N-ethyl adjacent to an activating group) is 1. The molecule has 0 heterocycles. The summed E-state index contributed by atoms with van der Waals surface area (Å²) >= 11 is 0. The maximum Gasteiger partial charge on any atom is 0.306 e. The number of esters is 1. The molecule has 9 nitrogen and oxygen atoms in total. The number of nitrogens with one attached hydrogen (secondary N) is 1. The number of hydrogen-bond acceptors (Lipinski definition) is 7. The molecule has 0 fully saturated rings. The number of amides is 1. The van der Waals surface area contributed by atoms with Gasteiger partial charge in [-0.05, 0) is 122 Å². The normalized spacial score (nSPS) is 14.1. The van der Waals surface area contributed by atoms with E-state index < -0.39 is 26.6 Å². The molecule has 0 aliphatic carbocycles. The molecule has 0 aromatic carbocycles. The fourth-order valence-electron chi connectivity index (χ4n) is 10.9. The lowest BCUT2D eigenvalue weighted by Gasteiger charge is -2.30. The highest BCUT2D eigenvalue weighted by molar-refractivity contribution is 7.45. The van der Waals surface area contributed by atoms with Crippen molar-refractivity contribution in [2.24, 2.45) is 0 Å². The molecule has 0 aromatic rings. The van der Waals surface area contributed by atoms with Crippen molar-refractivity contribution in [2.45, 2.75) is 354 Å². The zero-order valence-electron chi connectivity index (χ0n) is 61.4. The first kappa shape index (κ1) is 89.4. The lowest BCUT2D eigenvalue weighted by Crippen LogP contribution is -2.47. The molecule has 0 aliphatic heterocycles. The predicted molar refractivity (Wildman–Crippen MR) is 403 cm³/mol. The molecule has 1 N–H and O–H groups in total. The van der Waals surface area contributed by atoms with Crippen molar-refractivity contribution in [1.29, 1.82) is 0 Å². The molecule has 93 heavy (non-hydrogen) atoms. The number of phosphoric acid groups is 1. The Morgan fingerprint density at radius 1 is 0.387 bits per heavy atom. The minimum absolute atomic E-state index is 0.0279. The number of ether oxygens (including phenoxy) is 1. The van der Waals surface area contributed by atoms with E-state index in [2.05, 4.69) is 135 Å². The smallest absolute Gasteiger partial charge is 0.306 e. The van der Waals surface area contributed by atoms with Crippen LogP contribution in [0, 0.1) is 0 Å². The number of carbonyl (C=O) groups excluding carboxylic acids is 2. The van der Waals surface area contributed by atoms with E-state index in [1.807, 2.05) is 33.3 Å². The van der Waals surface area contributed by atoms with Crippen LogP contribution >= 0.6 is 7.82 Å². The van der Waals surface area contributed by atoms with Gasteiger partial charge in [-0.25, -0.2) is 0 Å². The lowest BCUT2D eigenvalue weighted by molar-refractivity contribution is -0.870. The van der Waals surface area contributed by atoms with Gasteiger partial charge in [0.1, 0.15) is 19.3 Å². The summed E-state index contributed by atoms with van der Waals surface area (Å²) in [6.45, 7) is 6.73. The Bertz CT molecular complexity index is 2010.